The zero-order valence-corrected chi connectivity index (χ0v) is 8.96. The van der Waals surface area contributed by atoms with E-state index >= 15 is 0 Å². The van der Waals surface area contributed by atoms with E-state index in [1.807, 2.05) is 0 Å². The second kappa shape index (κ2) is 4.85. The molecule has 0 aromatic heterocycles. The van der Waals surface area contributed by atoms with Gasteiger partial charge in [0.15, 0.2) is 0 Å². The van der Waals surface area contributed by atoms with E-state index in [9.17, 15) is 4.79 Å². The van der Waals surface area contributed by atoms with Crippen LogP contribution in [-0.4, -0.2) is 37.0 Å². The van der Waals surface area contributed by atoms with Crippen LogP contribution in [-0.2, 0) is 4.79 Å². The predicted molar refractivity (Wildman–Crippen MR) is 48.4 cm³/mol. The molecule has 2 N–H and O–H groups in total. The summed E-state index contributed by atoms with van der Waals surface area (Å²) in [6, 6.07) is -0.258. The normalized spacial score (nSPS) is 29.1. The standard InChI is InChI=1S/C8H15NO2Se/c1-2-3-4-7-9-6(5-12-7)8(10)11/h6-7,9H,2-5H2,1H3,(H,10,11)/t6-,7?/m0/s1. The van der Waals surface area contributed by atoms with E-state index in [2.05, 4.69) is 12.2 Å². The monoisotopic (exact) mass is 237 g/mol. The third kappa shape index (κ3) is 2.77. The maximum absolute atomic E-state index is 10.6. The first kappa shape index (κ1) is 10.0. The van der Waals surface area contributed by atoms with Crippen LogP contribution in [0.3, 0.4) is 0 Å². The van der Waals surface area contributed by atoms with Crippen molar-refractivity contribution >= 4 is 20.9 Å². The summed E-state index contributed by atoms with van der Waals surface area (Å²) in [5.41, 5.74) is 0. The Kier molecular flexibility index (Phi) is 4.06. The Labute approximate surface area is 79.1 Å². The summed E-state index contributed by atoms with van der Waals surface area (Å²) in [7, 11) is 0. The number of rotatable bonds is 4. The summed E-state index contributed by atoms with van der Waals surface area (Å²) in [4.78, 5) is 11.1. The van der Waals surface area contributed by atoms with Crippen LogP contribution >= 0.6 is 0 Å². The summed E-state index contributed by atoms with van der Waals surface area (Å²) in [5.74, 6) is -0.684. The van der Waals surface area contributed by atoms with Gasteiger partial charge in [0.05, 0.1) is 0 Å². The number of aliphatic carboxylic acids is 1. The predicted octanol–water partition coefficient (Wildman–Crippen LogP) is 0.682. The molecule has 1 aliphatic heterocycles. The molecule has 1 fully saturated rings. The molecule has 0 aromatic rings. The van der Waals surface area contributed by atoms with E-state index in [0.717, 1.165) is 11.7 Å². The average Bonchev–Trinajstić information content (AvgIpc) is 2.48. The van der Waals surface area contributed by atoms with Gasteiger partial charge in [-0.25, -0.2) is 0 Å². The minimum atomic E-state index is -0.684. The van der Waals surface area contributed by atoms with Gasteiger partial charge in [0.2, 0.25) is 0 Å². The SMILES string of the molecule is CCCCC1N[C@H](C(=O)O)C[Se]1. The van der Waals surface area contributed by atoms with Crippen molar-refractivity contribution in [3.05, 3.63) is 0 Å². The molecule has 1 rings (SSSR count). The van der Waals surface area contributed by atoms with E-state index in [4.69, 9.17) is 5.11 Å². The molecule has 1 aliphatic rings. The van der Waals surface area contributed by atoms with Gasteiger partial charge in [0, 0.05) is 0 Å². The minimum absolute atomic E-state index is 0.258. The van der Waals surface area contributed by atoms with Gasteiger partial charge in [-0.2, -0.15) is 0 Å². The molecule has 0 radical (unpaired) electrons. The first-order valence-electron chi connectivity index (χ1n) is 4.34. The summed E-state index contributed by atoms with van der Waals surface area (Å²) >= 11 is 0.498. The molecule has 1 saturated heterocycles. The molecular weight excluding hydrogens is 221 g/mol. The first-order chi connectivity index (χ1) is 5.74. The second-order valence-corrected chi connectivity index (χ2v) is 5.61. The molecule has 2 atom stereocenters. The van der Waals surface area contributed by atoms with Crippen molar-refractivity contribution in [2.24, 2.45) is 0 Å². The zero-order valence-electron chi connectivity index (χ0n) is 7.25. The number of carbonyl (C=O) groups is 1. The third-order valence-corrected chi connectivity index (χ3v) is 4.70. The Hall–Kier alpha value is -0.0505. The van der Waals surface area contributed by atoms with E-state index in [1.165, 1.54) is 12.8 Å². The number of hydrogen-bond acceptors (Lipinski definition) is 2. The van der Waals surface area contributed by atoms with Crippen LogP contribution in [0.1, 0.15) is 26.2 Å². The van der Waals surface area contributed by atoms with Crippen LogP contribution in [0.25, 0.3) is 0 Å². The number of hydrogen-bond donors (Lipinski definition) is 2. The Morgan fingerprint density at radius 2 is 2.50 bits per heavy atom. The second-order valence-electron chi connectivity index (χ2n) is 3.02. The molecule has 3 nitrogen and oxygen atoms in total. The van der Waals surface area contributed by atoms with Crippen LogP contribution in [0.5, 0.6) is 0 Å². The van der Waals surface area contributed by atoms with Gasteiger partial charge in [-0.1, -0.05) is 0 Å². The Balaban J connectivity index is 2.21. The third-order valence-electron chi connectivity index (χ3n) is 1.97. The molecule has 0 aromatic carbocycles. The van der Waals surface area contributed by atoms with Gasteiger partial charge in [-0.05, 0) is 0 Å². The van der Waals surface area contributed by atoms with Crippen LogP contribution < -0.4 is 5.32 Å². The molecule has 0 aliphatic carbocycles. The van der Waals surface area contributed by atoms with Crippen molar-refractivity contribution in [3.8, 4) is 0 Å². The summed E-state index contributed by atoms with van der Waals surface area (Å²) in [6.45, 7) is 2.16. The number of unbranched alkanes of at least 4 members (excludes halogenated alkanes) is 1. The molecule has 0 bridgehead atoms. The first-order valence-corrected chi connectivity index (χ1v) is 6.54. The molecule has 0 amide bonds. The van der Waals surface area contributed by atoms with Gasteiger partial charge in [-0.3, -0.25) is 0 Å². The van der Waals surface area contributed by atoms with Crippen molar-refractivity contribution in [1.82, 2.24) is 5.32 Å². The molecule has 4 heteroatoms. The fourth-order valence-corrected chi connectivity index (χ4v) is 3.87. The van der Waals surface area contributed by atoms with E-state index in [1.54, 1.807) is 0 Å². The van der Waals surface area contributed by atoms with Crippen molar-refractivity contribution < 1.29 is 9.90 Å². The van der Waals surface area contributed by atoms with Gasteiger partial charge in [0.25, 0.3) is 0 Å². The van der Waals surface area contributed by atoms with Crippen LogP contribution in [0.4, 0.5) is 0 Å². The Morgan fingerprint density at radius 1 is 1.75 bits per heavy atom. The number of carboxylic acids is 1. The topological polar surface area (TPSA) is 49.3 Å². The van der Waals surface area contributed by atoms with Gasteiger partial charge >= 0.3 is 78.6 Å². The van der Waals surface area contributed by atoms with Crippen molar-refractivity contribution in [1.29, 1.82) is 0 Å². The summed E-state index contributed by atoms with van der Waals surface area (Å²) in [6.07, 6.45) is 3.57. The maximum atomic E-state index is 10.6. The Morgan fingerprint density at radius 3 is 3.00 bits per heavy atom. The number of carboxylic acid groups (broad SMARTS) is 1. The quantitative estimate of drug-likeness (QED) is 0.706. The van der Waals surface area contributed by atoms with Crippen molar-refractivity contribution in [2.75, 3.05) is 0 Å². The van der Waals surface area contributed by atoms with E-state index in [-0.39, 0.29) is 6.04 Å². The average molecular weight is 236 g/mol. The molecule has 0 spiro atoms. The zero-order chi connectivity index (χ0) is 8.97. The van der Waals surface area contributed by atoms with E-state index < -0.39 is 5.97 Å². The molecular formula is C8H15NO2Se. The fraction of sp³-hybridized carbons (Fsp3) is 0.875. The van der Waals surface area contributed by atoms with Crippen molar-refractivity contribution in [3.63, 3.8) is 0 Å². The van der Waals surface area contributed by atoms with Crippen LogP contribution in [0.15, 0.2) is 0 Å². The summed E-state index contributed by atoms with van der Waals surface area (Å²) < 4.78 is 0. The van der Waals surface area contributed by atoms with Gasteiger partial charge < -0.3 is 0 Å². The molecule has 0 saturated carbocycles. The van der Waals surface area contributed by atoms with Crippen molar-refractivity contribution in [2.45, 2.75) is 42.5 Å². The van der Waals surface area contributed by atoms with Gasteiger partial charge in [-0.15, -0.1) is 0 Å². The fourth-order valence-electron chi connectivity index (χ4n) is 1.23. The number of nitrogens with one attached hydrogen (secondary N) is 1. The molecule has 12 heavy (non-hydrogen) atoms. The van der Waals surface area contributed by atoms with Crippen LogP contribution in [0, 0.1) is 0 Å². The molecule has 1 heterocycles. The Bertz CT molecular complexity index is 163. The molecule has 1 unspecified atom stereocenters. The van der Waals surface area contributed by atoms with Gasteiger partial charge in [0.1, 0.15) is 0 Å². The van der Waals surface area contributed by atoms with Crippen LogP contribution in [0.2, 0.25) is 5.32 Å². The van der Waals surface area contributed by atoms with E-state index in [0.29, 0.717) is 19.9 Å². The molecule has 70 valence electrons. The summed E-state index contributed by atoms with van der Waals surface area (Å²) in [5, 5.41) is 12.7.